The van der Waals surface area contributed by atoms with Crippen LogP contribution < -0.4 is 4.74 Å². The molecule has 0 aliphatic heterocycles. The molecular weight excluding hydrogens is 320 g/mol. The molecule has 3 nitrogen and oxygen atoms in total. The minimum absolute atomic E-state index is 0.663. The molecule has 0 unspecified atom stereocenters. The Hall–Kier alpha value is -1.29. The SMILES string of the molecule is CCCCCCOc1c(C)cc(Br)cc1/C=C/C(=O)O. The number of rotatable bonds is 8. The van der Waals surface area contributed by atoms with Gasteiger partial charge < -0.3 is 9.84 Å². The molecule has 0 aromatic heterocycles. The van der Waals surface area contributed by atoms with Crippen molar-refractivity contribution in [3.05, 3.63) is 33.8 Å². The molecule has 1 N–H and O–H groups in total. The maximum atomic E-state index is 10.6. The standard InChI is InChI=1S/C16H21BrO3/c1-3-4-5-6-9-20-16-12(2)10-14(17)11-13(16)7-8-15(18)19/h7-8,10-11H,3-6,9H2,1-2H3,(H,18,19)/b8-7+. The first-order chi connectivity index (χ1) is 9.54. The van der Waals surface area contributed by atoms with Crippen molar-refractivity contribution in [2.24, 2.45) is 0 Å². The number of hydrogen-bond donors (Lipinski definition) is 1. The fraction of sp³-hybridized carbons (Fsp3) is 0.438. The van der Waals surface area contributed by atoms with E-state index >= 15 is 0 Å². The molecule has 4 heteroatoms. The molecule has 0 radical (unpaired) electrons. The highest BCUT2D eigenvalue weighted by Crippen LogP contribution is 2.29. The molecule has 20 heavy (non-hydrogen) atoms. The number of benzene rings is 1. The van der Waals surface area contributed by atoms with Crippen LogP contribution in [0.4, 0.5) is 0 Å². The molecule has 0 fully saturated rings. The lowest BCUT2D eigenvalue weighted by Crippen LogP contribution is -2.01. The lowest BCUT2D eigenvalue weighted by molar-refractivity contribution is -0.131. The normalized spacial score (nSPS) is 10.9. The fourth-order valence-corrected chi connectivity index (χ4v) is 2.53. The van der Waals surface area contributed by atoms with Crippen LogP contribution in [0.3, 0.4) is 0 Å². The topological polar surface area (TPSA) is 46.5 Å². The third-order valence-corrected chi connectivity index (χ3v) is 3.38. The summed E-state index contributed by atoms with van der Waals surface area (Å²) >= 11 is 3.42. The Balaban J connectivity index is 2.79. The molecule has 0 saturated carbocycles. The lowest BCUT2D eigenvalue weighted by Gasteiger charge is -2.13. The van der Waals surface area contributed by atoms with E-state index in [1.807, 2.05) is 19.1 Å². The van der Waals surface area contributed by atoms with Crippen LogP contribution in [0.15, 0.2) is 22.7 Å². The number of carboxylic acid groups (broad SMARTS) is 1. The largest absolute Gasteiger partial charge is 0.493 e. The quantitative estimate of drug-likeness (QED) is 0.545. The van der Waals surface area contributed by atoms with Crippen molar-refractivity contribution in [2.75, 3.05) is 6.61 Å². The average molecular weight is 341 g/mol. The highest BCUT2D eigenvalue weighted by Gasteiger charge is 2.07. The Labute approximate surface area is 128 Å². The van der Waals surface area contributed by atoms with E-state index in [-0.39, 0.29) is 0 Å². The van der Waals surface area contributed by atoms with Crippen molar-refractivity contribution in [3.8, 4) is 5.75 Å². The van der Waals surface area contributed by atoms with E-state index in [0.29, 0.717) is 6.61 Å². The molecular formula is C16H21BrO3. The molecule has 0 heterocycles. The third kappa shape index (κ3) is 5.78. The average Bonchev–Trinajstić information content (AvgIpc) is 2.38. The molecule has 110 valence electrons. The molecule has 0 amide bonds. The van der Waals surface area contributed by atoms with Crippen molar-refractivity contribution in [1.29, 1.82) is 0 Å². The predicted molar refractivity (Wildman–Crippen MR) is 85.2 cm³/mol. The summed E-state index contributed by atoms with van der Waals surface area (Å²) in [6, 6.07) is 3.84. The zero-order valence-electron chi connectivity index (χ0n) is 12.0. The summed E-state index contributed by atoms with van der Waals surface area (Å²) in [7, 11) is 0. The Morgan fingerprint density at radius 1 is 1.35 bits per heavy atom. The maximum Gasteiger partial charge on any atom is 0.328 e. The van der Waals surface area contributed by atoms with Crippen LogP contribution in [0.2, 0.25) is 0 Å². The number of carboxylic acids is 1. The number of aryl methyl sites for hydroxylation is 1. The Morgan fingerprint density at radius 2 is 2.10 bits per heavy atom. The van der Waals surface area contributed by atoms with Gasteiger partial charge in [-0.15, -0.1) is 0 Å². The van der Waals surface area contributed by atoms with Gasteiger partial charge >= 0.3 is 5.97 Å². The number of unbranched alkanes of at least 4 members (excludes halogenated alkanes) is 3. The van der Waals surface area contributed by atoms with Gasteiger partial charge in [0.2, 0.25) is 0 Å². The summed E-state index contributed by atoms with van der Waals surface area (Å²) in [6.07, 6.45) is 7.29. The van der Waals surface area contributed by atoms with E-state index in [4.69, 9.17) is 9.84 Å². The molecule has 1 rings (SSSR count). The van der Waals surface area contributed by atoms with Crippen LogP contribution in [-0.4, -0.2) is 17.7 Å². The molecule has 0 spiro atoms. The van der Waals surface area contributed by atoms with Gasteiger partial charge in [-0.05, 0) is 37.1 Å². The smallest absolute Gasteiger partial charge is 0.328 e. The third-order valence-electron chi connectivity index (χ3n) is 2.92. The van der Waals surface area contributed by atoms with E-state index in [0.717, 1.165) is 40.3 Å². The zero-order chi connectivity index (χ0) is 15.0. The summed E-state index contributed by atoms with van der Waals surface area (Å²) in [4.78, 5) is 10.6. The van der Waals surface area contributed by atoms with Crippen LogP contribution in [-0.2, 0) is 4.79 Å². The fourth-order valence-electron chi connectivity index (χ4n) is 1.94. The summed E-state index contributed by atoms with van der Waals surface area (Å²) in [5.41, 5.74) is 1.79. The number of aliphatic carboxylic acids is 1. The number of halogens is 1. The second-order valence-corrected chi connectivity index (χ2v) is 5.64. The number of hydrogen-bond acceptors (Lipinski definition) is 2. The molecule has 0 aliphatic carbocycles. The van der Waals surface area contributed by atoms with Gasteiger partial charge in [-0.1, -0.05) is 42.1 Å². The van der Waals surface area contributed by atoms with Gasteiger partial charge in [0.05, 0.1) is 6.61 Å². The maximum absolute atomic E-state index is 10.6. The van der Waals surface area contributed by atoms with Gasteiger partial charge in [0, 0.05) is 16.1 Å². The van der Waals surface area contributed by atoms with Crippen LogP contribution >= 0.6 is 15.9 Å². The summed E-state index contributed by atoms with van der Waals surface area (Å²) in [6.45, 7) is 4.80. The first kappa shape index (κ1) is 16.8. The van der Waals surface area contributed by atoms with Crippen LogP contribution in [0, 0.1) is 6.92 Å². The van der Waals surface area contributed by atoms with Crippen molar-refractivity contribution < 1.29 is 14.6 Å². The minimum Gasteiger partial charge on any atom is -0.493 e. The molecule has 1 aromatic rings. The highest BCUT2D eigenvalue weighted by atomic mass is 79.9. The van der Waals surface area contributed by atoms with E-state index < -0.39 is 5.97 Å². The Bertz CT molecular complexity index is 481. The van der Waals surface area contributed by atoms with Gasteiger partial charge in [0.15, 0.2) is 0 Å². The van der Waals surface area contributed by atoms with E-state index in [1.54, 1.807) is 6.08 Å². The molecule has 0 aliphatic rings. The van der Waals surface area contributed by atoms with Gasteiger partial charge in [-0.3, -0.25) is 0 Å². The van der Waals surface area contributed by atoms with Crippen LogP contribution in [0.5, 0.6) is 5.75 Å². The summed E-state index contributed by atoms with van der Waals surface area (Å²) in [5.74, 6) is -0.196. The molecule has 0 saturated heterocycles. The minimum atomic E-state index is -0.962. The van der Waals surface area contributed by atoms with Crippen molar-refractivity contribution in [2.45, 2.75) is 39.5 Å². The van der Waals surface area contributed by atoms with Crippen LogP contribution in [0.1, 0.15) is 43.7 Å². The van der Waals surface area contributed by atoms with E-state index in [1.165, 1.54) is 12.8 Å². The first-order valence-electron chi connectivity index (χ1n) is 6.88. The zero-order valence-corrected chi connectivity index (χ0v) is 13.6. The van der Waals surface area contributed by atoms with Crippen molar-refractivity contribution in [3.63, 3.8) is 0 Å². The van der Waals surface area contributed by atoms with Gasteiger partial charge in [-0.25, -0.2) is 4.79 Å². The number of ether oxygens (including phenoxy) is 1. The summed E-state index contributed by atoms with van der Waals surface area (Å²) < 4.78 is 6.75. The predicted octanol–water partition coefficient (Wildman–Crippen LogP) is 4.81. The van der Waals surface area contributed by atoms with Crippen LogP contribution in [0.25, 0.3) is 6.08 Å². The molecule has 0 atom stereocenters. The number of carbonyl (C=O) groups is 1. The van der Waals surface area contributed by atoms with Gasteiger partial charge in [0.1, 0.15) is 5.75 Å². The Kier molecular flexibility index (Phi) is 7.37. The molecule has 1 aromatic carbocycles. The molecule has 0 bridgehead atoms. The Morgan fingerprint density at radius 3 is 2.75 bits per heavy atom. The van der Waals surface area contributed by atoms with Gasteiger partial charge in [0.25, 0.3) is 0 Å². The van der Waals surface area contributed by atoms with E-state index in [9.17, 15) is 4.79 Å². The second-order valence-electron chi connectivity index (χ2n) is 4.72. The van der Waals surface area contributed by atoms with E-state index in [2.05, 4.69) is 22.9 Å². The monoisotopic (exact) mass is 340 g/mol. The van der Waals surface area contributed by atoms with Crippen molar-refractivity contribution >= 4 is 28.0 Å². The lowest BCUT2D eigenvalue weighted by atomic mass is 10.1. The van der Waals surface area contributed by atoms with Gasteiger partial charge in [-0.2, -0.15) is 0 Å². The highest BCUT2D eigenvalue weighted by molar-refractivity contribution is 9.10. The first-order valence-corrected chi connectivity index (χ1v) is 7.68. The second kappa shape index (κ2) is 8.80. The summed E-state index contributed by atoms with van der Waals surface area (Å²) in [5, 5.41) is 8.74. The van der Waals surface area contributed by atoms with Crippen molar-refractivity contribution in [1.82, 2.24) is 0 Å².